The summed E-state index contributed by atoms with van der Waals surface area (Å²) in [6.07, 6.45) is 3.54. The number of amides is 2. The molecule has 2 amide bonds. The monoisotopic (exact) mass is 372 g/mol. The molecule has 1 aliphatic carbocycles. The van der Waals surface area contributed by atoms with E-state index in [1.165, 1.54) is 11.1 Å². The van der Waals surface area contributed by atoms with Gasteiger partial charge in [-0.3, -0.25) is 9.59 Å². The van der Waals surface area contributed by atoms with Crippen molar-refractivity contribution in [3.63, 3.8) is 0 Å². The lowest BCUT2D eigenvalue weighted by molar-refractivity contribution is -0.136. The van der Waals surface area contributed by atoms with Crippen molar-refractivity contribution in [1.29, 1.82) is 0 Å². The Bertz CT molecular complexity index is 676. The Kier molecular flexibility index (Phi) is 6.20. The average molecular weight is 373 g/mol. The number of piperidine rings is 1. The number of hydrogen-bond donors (Lipinski definition) is 0. The SMILES string of the molecule is CCN(CC)C(=O)CC1CC2(CCN(C(=O)COC)CC2)c2ccccc21. The van der Waals surface area contributed by atoms with Crippen LogP contribution in [0.1, 0.15) is 56.6 Å². The van der Waals surface area contributed by atoms with Gasteiger partial charge in [0.2, 0.25) is 11.8 Å². The fourth-order valence-corrected chi connectivity index (χ4v) is 5.00. The number of methoxy groups -OCH3 is 1. The second kappa shape index (κ2) is 8.42. The Labute approximate surface area is 162 Å². The molecule has 0 N–H and O–H groups in total. The van der Waals surface area contributed by atoms with E-state index in [2.05, 4.69) is 24.3 Å². The van der Waals surface area contributed by atoms with E-state index >= 15 is 0 Å². The summed E-state index contributed by atoms with van der Waals surface area (Å²) in [4.78, 5) is 28.7. The zero-order chi connectivity index (χ0) is 19.4. The highest BCUT2D eigenvalue weighted by Crippen LogP contribution is 2.52. The summed E-state index contributed by atoms with van der Waals surface area (Å²) in [6, 6.07) is 8.64. The summed E-state index contributed by atoms with van der Waals surface area (Å²) in [7, 11) is 1.56. The largest absolute Gasteiger partial charge is 0.375 e. The standard InChI is InChI=1S/C22H32N2O3/c1-4-23(5-2)20(25)14-17-15-22(19-9-7-6-8-18(17)19)10-12-24(13-11-22)21(26)16-27-3/h6-9,17H,4-5,10-16H2,1-3H3. The van der Waals surface area contributed by atoms with Gasteiger partial charge >= 0.3 is 0 Å². The van der Waals surface area contributed by atoms with Gasteiger partial charge in [-0.2, -0.15) is 0 Å². The number of carbonyl (C=O) groups is 2. The van der Waals surface area contributed by atoms with Gasteiger partial charge in [0.05, 0.1) is 0 Å². The van der Waals surface area contributed by atoms with Gasteiger partial charge in [-0.25, -0.2) is 0 Å². The number of carbonyl (C=O) groups excluding carboxylic acids is 2. The molecule has 1 spiro atoms. The van der Waals surface area contributed by atoms with E-state index in [1.54, 1.807) is 7.11 Å². The molecule has 0 bridgehead atoms. The maximum atomic E-state index is 12.7. The summed E-state index contributed by atoms with van der Waals surface area (Å²) in [5.74, 6) is 0.618. The van der Waals surface area contributed by atoms with Crippen molar-refractivity contribution in [2.45, 2.75) is 50.9 Å². The number of ether oxygens (including phenoxy) is 1. The first-order chi connectivity index (χ1) is 13.0. The fourth-order valence-electron chi connectivity index (χ4n) is 5.00. The molecule has 1 aromatic carbocycles. The van der Waals surface area contributed by atoms with Crippen LogP contribution in [0.2, 0.25) is 0 Å². The van der Waals surface area contributed by atoms with Gasteiger partial charge in [0.25, 0.3) is 0 Å². The Morgan fingerprint density at radius 2 is 1.85 bits per heavy atom. The molecule has 5 nitrogen and oxygen atoms in total. The van der Waals surface area contributed by atoms with E-state index in [4.69, 9.17) is 4.74 Å². The number of fused-ring (bicyclic) bond motifs is 2. The molecule has 1 fully saturated rings. The molecule has 148 valence electrons. The Morgan fingerprint density at radius 1 is 1.19 bits per heavy atom. The smallest absolute Gasteiger partial charge is 0.248 e. The minimum Gasteiger partial charge on any atom is -0.375 e. The number of nitrogens with zero attached hydrogens (tertiary/aromatic N) is 2. The molecular weight excluding hydrogens is 340 g/mol. The Morgan fingerprint density at radius 3 is 2.48 bits per heavy atom. The van der Waals surface area contributed by atoms with Crippen molar-refractivity contribution >= 4 is 11.8 Å². The van der Waals surface area contributed by atoms with Crippen LogP contribution in [0, 0.1) is 0 Å². The minimum atomic E-state index is 0.0758. The normalized spacial score (nSPS) is 20.6. The molecule has 1 saturated heterocycles. The summed E-state index contributed by atoms with van der Waals surface area (Å²) < 4.78 is 5.00. The zero-order valence-corrected chi connectivity index (χ0v) is 16.9. The van der Waals surface area contributed by atoms with Crippen LogP contribution in [0.4, 0.5) is 0 Å². The highest BCUT2D eigenvalue weighted by molar-refractivity contribution is 5.78. The van der Waals surface area contributed by atoms with Crippen molar-refractivity contribution in [1.82, 2.24) is 9.80 Å². The molecule has 3 rings (SSSR count). The second-order valence-corrected chi connectivity index (χ2v) is 7.85. The topological polar surface area (TPSA) is 49.9 Å². The van der Waals surface area contributed by atoms with E-state index in [0.717, 1.165) is 45.4 Å². The first-order valence-corrected chi connectivity index (χ1v) is 10.2. The van der Waals surface area contributed by atoms with Crippen LogP contribution in [-0.4, -0.2) is 61.5 Å². The molecule has 1 heterocycles. The third-order valence-electron chi connectivity index (χ3n) is 6.49. The van der Waals surface area contributed by atoms with Crippen LogP contribution in [0.5, 0.6) is 0 Å². The van der Waals surface area contributed by atoms with Crippen LogP contribution < -0.4 is 0 Å². The van der Waals surface area contributed by atoms with Gasteiger partial charge in [-0.15, -0.1) is 0 Å². The molecule has 5 heteroatoms. The van der Waals surface area contributed by atoms with Gasteiger partial charge in [0.15, 0.2) is 0 Å². The molecule has 0 aromatic heterocycles. The molecular formula is C22H32N2O3. The van der Waals surface area contributed by atoms with Crippen molar-refractivity contribution < 1.29 is 14.3 Å². The lowest BCUT2D eigenvalue weighted by Crippen LogP contribution is -2.45. The first-order valence-electron chi connectivity index (χ1n) is 10.2. The molecule has 0 radical (unpaired) electrons. The van der Waals surface area contributed by atoms with E-state index in [-0.39, 0.29) is 29.8 Å². The molecule has 1 unspecified atom stereocenters. The molecule has 1 aliphatic heterocycles. The molecule has 0 saturated carbocycles. The number of rotatable bonds is 6. The van der Waals surface area contributed by atoms with Crippen LogP contribution in [0.3, 0.4) is 0 Å². The lowest BCUT2D eigenvalue weighted by Gasteiger charge is -2.40. The highest BCUT2D eigenvalue weighted by atomic mass is 16.5. The maximum absolute atomic E-state index is 12.7. The lowest BCUT2D eigenvalue weighted by atomic mass is 9.73. The third kappa shape index (κ3) is 3.88. The van der Waals surface area contributed by atoms with Crippen LogP contribution in [0.25, 0.3) is 0 Å². The van der Waals surface area contributed by atoms with E-state index in [0.29, 0.717) is 6.42 Å². The molecule has 2 aliphatic rings. The van der Waals surface area contributed by atoms with Crippen LogP contribution >= 0.6 is 0 Å². The van der Waals surface area contributed by atoms with Crippen molar-refractivity contribution in [2.75, 3.05) is 39.9 Å². The highest BCUT2D eigenvalue weighted by Gasteiger charge is 2.46. The van der Waals surface area contributed by atoms with E-state index in [1.807, 2.05) is 23.6 Å². The quantitative estimate of drug-likeness (QED) is 0.771. The minimum absolute atomic E-state index is 0.0758. The van der Waals surface area contributed by atoms with E-state index in [9.17, 15) is 9.59 Å². The average Bonchev–Trinajstić information content (AvgIpc) is 2.97. The van der Waals surface area contributed by atoms with Crippen molar-refractivity contribution in [2.24, 2.45) is 0 Å². The summed E-state index contributed by atoms with van der Waals surface area (Å²) in [5, 5.41) is 0. The fraction of sp³-hybridized carbons (Fsp3) is 0.636. The molecule has 1 atom stereocenters. The van der Waals surface area contributed by atoms with Gasteiger partial charge in [-0.05, 0) is 55.6 Å². The maximum Gasteiger partial charge on any atom is 0.248 e. The van der Waals surface area contributed by atoms with Crippen molar-refractivity contribution in [3.05, 3.63) is 35.4 Å². The van der Waals surface area contributed by atoms with Gasteiger partial charge < -0.3 is 14.5 Å². The Balaban J connectivity index is 1.76. The second-order valence-electron chi connectivity index (χ2n) is 7.85. The van der Waals surface area contributed by atoms with Gasteiger partial charge in [0, 0.05) is 39.7 Å². The third-order valence-corrected chi connectivity index (χ3v) is 6.49. The summed E-state index contributed by atoms with van der Waals surface area (Å²) >= 11 is 0. The van der Waals surface area contributed by atoms with Crippen LogP contribution in [0.15, 0.2) is 24.3 Å². The van der Waals surface area contributed by atoms with Gasteiger partial charge in [0.1, 0.15) is 6.61 Å². The predicted molar refractivity (Wildman–Crippen MR) is 106 cm³/mol. The van der Waals surface area contributed by atoms with Gasteiger partial charge in [-0.1, -0.05) is 24.3 Å². The summed E-state index contributed by atoms with van der Waals surface area (Å²) in [5.41, 5.74) is 2.85. The number of likely N-dealkylation sites (tertiary alicyclic amines) is 1. The summed E-state index contributed by atoms with van der Waals surface area (Å²) in [6.45, 7) is 7.32. The first kappa shape index (κ1) is 19.9. The number of benzene rings is 1. The molecule has 27 heavy (non-hydrogen) atoms. The number of hydrogen-bond acceptors (Lipinski definition) is 3. The molecule has 1 aromatic rings. The van der Waals surface area contributed by atoms with Crippen LogP contribution in [-0.2, 0) is 19.7 Å². The van der Waals surface area contributed by atoms with Crippen molar-refractivity contribution in [3.8, 4) is 0 Å². The zero-order valence-electron chi connectivity index (χ0n) is 16.9. The Hall–Kier alpha value is -1.88. The predicted octanol–water partition coefficient (Wildman–Crippen LogP) is 2.94. The van der Waals surface area contributed by atoms with E-state index < -0.39 is 0 Å².